The molecule has 2 amide bonds. The minimum absolute atomic E-state index is 0.00431. The zero-order valence-corrected chi connectivity index (χ0v) is 15.0. The van der Waals surface area contributed by atoms with Crippen molar-refractivity contribution in [3.8, 4) is 0 Å². The Morgan fingerprint density at radius 1 is 0.885 bits per heavy atom. The van der Waals surface area contributed by atoms with Crippen LogP contribution >= 0.6 is 0 Å². The van der Waals surface area contributed by atoms with Crippen LogP contribution < -0.4 is 10.6 Å². The molecule has 0 atom stereocenters. The second-order valence-electron chi connectivity index (χ2n) is 6.91. The van der Waals surface area contributed by atoms with Gasteiger partial charge in [0.2, 0.25) is 5.91 Å². The van der Waals surface area contributed by atoms with Crippen molar-refractivity contribution >= 4 is 11.8 Å². The summed E-state index contributed by atoms with van der Waals surface area (Å²) >= 11 is 0. The van der Waals surface area contributed by atoms with Crippen molar-refractivity contribution in [2.45, 2.75) is 51.1 Å². The molecule has 2 N–H and O–H groups in total. The van der Waals surface area contributed by atoms with E-state index in [0.717, 1.165) is 24.8 Å². The fourth-order valence-electron chi connectivity index (χ4n) is 3.30. The van der Waals surface area contributed by atoms with Gasteiger partial charge in [0.05, 0.1) is 0 Å². The third kappa shape index (κ3) is 5.45. The van der Waals surface area contributed by atoms with E-state index in [-0.39, 0.29) is 11.8 Å². The Bertz CT molecular complexity index is 720. The van der Waals surface area contributed by atoms with Gasteiger partial charge in [0.25, 0.3) is 5.91 Å². The summed E-state index contributed by atoms with van der Waals surface area (Å²) in [5.74, 6) is 0.0345. The smallest absolute Gasteiger partial charge is 0.251 e. The molecule has 136 valence electrons. The van der Waals surface area contributed by atoms with E-state index < -0.39 is 0 Å². The van der Waals surface area contributed by atoms with E-state index in [0.29, 0.717) is 24.6 Å². The minimum atomic E-state index is -0.00431. The number of amides is 2. The summed E-state index contributed by atoms with van der Waals surface area (Å²) in [6.07, 6.45) is 5.79. The van der Waals surface area contributed by atoms with E-state index >= 15 is 0 Å². The third-order valence-electron chi connectivity index (χ3n) is 4.88. The van der Waals surface area contributed by atoms with Gasteiger partial charge in [-0.05, 0) is 42.5 Å². The molecule has 1 saturated carbocycles. The van der Waals surface area contributed by atoms with Crippen molar-refractivity contribution in [2.24, 2.45) is 0 Å². The van der Waals surface area contributed by atoms with E-state index in [1.54, 1.807) is 0 Å². The van der Waals surface area contributed by atoms with Gasteiger partial charge in [-0.3, -0.25) is 9.59 Å². The molecular weight excluding hydrogens is 324 g/mol. The Morgan fingerprint density at radius 3 is 2.27 bits per heavy atom. The van der Waals surface area contributed by atoms with Gasteiger partial charge in [0.15, 0.2) is 0 Å². The highest BCUT2D eigenvalue weighted by molar-refractivity contribution is 5.94. The van der Waals surface area contributed by atoms with Crippen LogP contribution in [0.2, 0.25) is 0 Å². The summed E-state index contributed by atoms with van der Waals surface area (Å²) in [6.45, 7) is 0.484. The van der Waals surface area contributed by atoms with Gasteiger partial charge in [0.1, 0.15) is 0 Å². The van der Waals surface area contributed by atoms with Gasteiger partial charge in [-0.1, -0.05) is 55.3 Å². The molecular formula is C22H26N2O2. The van der Waals surface area contributed by atoms with E-state index in [9.17, 15) is 9.59 Å². The zero-order valence-electron chi connectivity index (χ0n) is 15.0. The molecule has 2 aromatic rings. The molecule has 0 saturated heterocycles. The summed E-state index contributed by atoms with van der Waals surface area (Å²) in [5, 5.41) is 6.03. The molecule has 1 aliphatic carbocycles. The van der Waals surface area contributed by atoms with E-state index in [4.69, 9.17) is 0 Å². The van der Waals surface area contributed by atoms with Crippen LogP contribution in [0.4, 0.5) is 0 Å². The number of carbonyl (C=O) groups excluding carboxylic acids is 2. The van der Waals surface area contributed by atoms with Crippen LogP contribution in [0.25, 0.3) is 0 Å². The number of benzene rings is 2. The lowest BCUT2D eigenvalue weighted by atomic mass is 10.1. The zero-order chi connectivity index (χ0) is 18.2. The Balaban J connectivity index is 1.42. The average Bonchev–Trinajstić information content (AvgIpc) is 3.19. The molecule has 26 heavy (non-hydrogen) atoms. The minimum Gasteiger partial charge on any atom is -0.352 e. The number of rotatable bonds is 7. The Hall–Kier alpha value is -2.62. The lowest BCUT2D eigenvalue weighted by molar-refractivity contribution is -0.121. The predicted octanol–water partition coefficient (Wildman–Crippen LogP) is 3.61. The largest absolute Gasteiger partial charge is 0.352 e. The highest BCUT2D eigenvalue weighted by Crippen LogP contribution is 2.18. The number of hydrogen-bond donors (Lipinski definition) is 2. The molecule has 4 nitrogen and oxygen atoms in total. The predicted molar refractivity (Wildman–Crippen MR) is 103 cm³/mol. The van der Waals surface area contributed by atoms with Crippen LogP contribution in [0.15, 0.2) is 54.6 Å². The van der Waals surface area contributed by atoms with Crippen LogP contribution in [-0.4, -0.2) is 17.9 Å². The number of hydrogen-bond acceptors (Lipinski definition) is 2. The molecule has 3 rings (SSSR count). The standard InChI is InChI=1S/C22H26N2O2/c25-21(15-12-17-6-2-1-3-7-17)23-16-18-10-13-19(14-11-18)22(26)24-20-8-4-5-9-20/h1-3,6-7,10-11,13-14,20H,4-5,8-9,12,15-16H2,(H,23,25)(H,24,26). The maximum Gasteiger partial charge on any atom is 0.251 e. The first-order valence-electron chi connectivity index (χ1n) is 9.41. The summed E-state index contributed by atoms with van der Waals surface area (Å²) < 4.78 is 0. The summed E-state index contributed by atoms with van der Waals surface area (Å²) in [4.78, 5) is 24.2. The van der Waals surface area contributed by atoms with Gasteiger partial charge in [-0.2, -0.15) is 0 Å². The third-order valence-corrected chi connectivity index (χ3v) is 4.88. The average molecular weight is 350 g/mol. The fraction of sp³-hybridized carbons (Fsp3) is 0.364. The van der Waals surface area contributed by atoms with Gasteiger partial charge < -0.3 is 10.6 Å². The fourth-order valence-corrected chi connectivity index (χ4v) is 3.30. The SMILES string of the molecule is O=C(CCc1ccccc1)NCc1ccc(C(=O)NC2CCCC2)cc1. The van der Waals surface area contributed by atoms with Gasteiger partial charge in [-0.15, -0.1) is 0 Å². The van der Waals surface area contributed by atoms with E-state index in [1.165, 1.54) is 18.4 Å². The van der Waals surface area contributed by atoms with Crippen molar-refractivity contribution in [3.05, 3.63) is 71.3 Å². The van der Waals surface area contributed by atoms with Crippen molar-refractivity contribution in [3.63, 3.8) is 0 Å². The molecule has 0 heterocycles. The summed E-state index contributed by atoms with van der Waals surface area (Å²) in [7, 11) is 0. The van der Waals surface area contributed by atoms with Gasteiger partial charge in [-0.25, -0.2) is 0 Å². The van der Waals surface area contributed by atoms with Crippen LogP contribution in [0.3, 0.4) is 0 Å². The molecule has 1 fully saturated rings. The maximum absolute atomic E-state index is 12.2. The second-order valence-corrected chi connectivity index (χ2v) is 6.91. The summed E-state index contributed by atoms with van der Waals surface area (Å²) in [6, 6.07) is 17.8. The van der Waals surface area contributed by atoms with Crippen molar-refractivity contribution < 1.29 is 9.59 Å². The van der Waals surface area contributed by atoms with E-state index in [2.05, 4.69) is 10.6 Å². The Labute approximate surface area is 155 Å². The van der Waals surface area contributed by atoms with E-state index in [1.807, 2.05) is 54.6 Å². The number of aryl methyl sites for hydroxylation is 1. The Morgan fingerprint density at radius 2 is 1.58 bits per heavy atom. The topological polar surface area (TPSA) is 58.2 Å². The maximum atomic E-state index is 12.2. The van der Waals surface area contributed by atoms with Crippen molar-refractivity contribution in [1.82, 2.24) is 10.6 Å². The molecule has 0 radical (unpaired) electrons. The molecule has 0 spiro atoms. The monoisotopic (exact) mass is 350 g/mol. The molecule has 4 heteroatoms. The van der Waals surface area contributed by atoms with Gasteiger partial charge >= 0.3 is 0 Å². The van der Waals surface area contributed by atoms with Crippen LogP contribution in [0.1, 0.15) is 53.6 Å². The molecule has 0 unspecified atom stereocenters. The lowest BCUT2D eigenvalue weighted by Gasteiger charge is -2.12. The van der Waals surface area contributed by atoms with Crippen LogP contribution in [0.5, 0.6) is 0 Å². The van der Waals surface area contributed by atoms with Crippen molar-refractivity contribution in [2.75, 3.05) is 0 Å². The highest BCUT2D eigenvalue weighted by atomic mass is 16.2. The second kappa shape index (κ2) is 9.18. The first-order chi connectivity index (χ1) is 12.7. The van der Waals surface area contributed by atoms with Gasteiger partial charge in [0, 0.05) is 24.6 Å². The number of nitrogens with one attached hydrogen (secondary N) is 2. The lowest BCUT2D eigenvalue weighted by Crippen LogP contribution is -2.32. The Kier molecular flexibility index (Phi) is 6.42. The molecule has 1 aliphatic rings. The highest BCUT2D eigenvalue weighted by Gasteiger charge is 2.17. The molecule has 2 aromatic carbocycles. The molecule has 0 bridgehead atoms. The molecule has 0 aliphatic heterocycles. The van der Waals surface area contributed by atoms with Crippen LogP contribution in [-0.2, 0) is 17.8 Å². The van der Waals surface area contributed by atoms with Crippen molar-refractivity contribution in [1.29, 1.82) is 0 Å². The molecule has 0 aromatic heterocycles. The van der Waals surface area contributed by atoms with Crippen LogP contribution in [0, 0.1) is 0 Å². The quantitative estimate of drug-likeness (QED) is 0.801. The normalized spacial score (nSPS) is 14.2. The first-order valence-corrected chi connectivity index (χ1v) is 9.41. The first kappa shape index (κ1) is 18.2. The number of carbonyl (C=O) groups is 2. The summed E-state index contributed by atoms with van der Waals surface area (Å²) in [5.41, 5.74) is 2.84.